The van der Waals surface area contributed by atoms with Gasteiger partial charge in [-0.25, -0.2) is 5.48 Å². The Morgan fingerprint density at radius 1 is 1.03 bits per heavy atom. The summed E-state index contributed by atoms with van der Waals surface area (Å²) in [7, 11) is 4.45. The van der Waals surface area contributed by atoms with Crippen LogP contribution in [0.1, 0.15) is 17.3 Å². The first-order valence-corrected chi connectivity index (χ1v) is 9.11. The van der Waals surface area contributed by atoms with Crippen LogP contribution in [0.4, 0.5) is 5.69 Å². The number of carbonyl (C=O) groups is 3. The number of anilines is 1. The van der Waals surface area contributed by atoms with Crippen molar-refractivity contribution in [1.29, 1.82) is 0 Å². The van der Waals surface area contributed by atoms with Gasteiger partial charge in [-0.05, 0) is 36.8 Å². The Bertz CT molecular complexity index is 915. The van der Waals surface area contributed by atoms with Gasteiger partial charge in [-0.15, -0.1) is 0 Å². The van der Waals surface area contributed by atoms with Crippen LogP contribution in [0.5, 0.6) is 0 Å². The molecule has 0 aromatic heterocycles. The molecule has 0 radical (unpaired) electrons. The van der Waals surface area contributed by atoms with Crippen molar-refractivity contribution >= 4 is 35.0 Å². The molecule has 0 unspecified atom stereocenters. The topological polar surface area (TPSA) is 111 Å². The first-order valence-electron chi connectivity index (χ1n) is 8.73. The molecule has 3 amide bonds. The zero-order chi connectivity index (χ0) is 21.8. The van der Waals surface area contributed by atoms with Gasteiger partial charge < -0.3 is 15.5 Å². The average molecular weight is 419 g/mol. The molecule has 1 atom stereocenters. The van der Waals surface area contributed by atoms with Crippen LogP contribution in [0.2, 0.25) is 5.02 Å². The number of halogens is 1. The van der Waals surface area contributed by atoms with Crippen LogP contribution in [0.15, 0.2) is 42.5 Å². The van der Waals surface area contributed by atoms with Crippen LogP contribution in [0.3, 0.4) is 0 Å². The number of hydroxylamine groups is 1. The second-order valence-corrected chi connectivity index (χ2v) is 6.89. The minimum absolute atomic E-state index is 0.264. The molecular weight excluding hydrogens is 396 g/mol. The molecule has 9 heteroatoms. The van der Waals surface area contributed by atoms with Gasteiger partial charge in [0.2, 0.25) is 0 Å². The summed E-state index contributed by atoms with van der Waals surface area (Å²) in [5.74, 6) is -2.34. The van der Waals surface area contributed by atoms with Crippen LogP contribution in [-0.4, -0.2) is 54.5 Å². The second-order valence-electron chi connectivity index (χ2n) is 6.48. The lowest BCUT2D eigenvalue weighted by Crippen LogP contribution is -2.64. The lowest BCUT2D eigenvalue weighted by Gasteiger charge is -2.34. The van der Waals surface area contributed by atoms with Gasteiger partial charge in [0.25, 0.3) is 17.7 Å². The van der Waals surface area contributed by atoms with E-state index < -0.39 is 23.3 Å². The molecule has 0 aliphatic rings. The van der Waals surface area contributed by atoms with Crippen LogP contribution in [-0.2, 0) is 9.59 Å². The third kappa shape index (κ3) is 4.18. The Morgan fingerprint density at radius 2 is 1.66 bits per heavy atom. The second kappa shape index (κ2) is 8.93. The predicted molar refractivity (Wildman–Crippen MR) is 111 cm³/mol. The van der Waals surface area contributed by atoms with E-state index in [1.54, 1.807) is 37.4 Å². The quantitative estimate of drug-likeness (QED) is 0.326. The average Bonchev–Trinajstić information content (AvgIpc) is 2.76. The zero-order valence-electron chi connectivity index (χ0n) is 16.5. The maximum atomic E-state index is 12.9. The van der Waals surface area contributed by atoms with Crippen molar-refractivity contribution in [2.24, 2.45) is 0 Å². The van der Waals surface area contributed by atoms with Gasteiger partial charge in [0.15, 0.2) is 5.54 Å². The van der Waals surface area contributed by atoms with Crippen molar-refractivity contribution in [2.75, 3.05) is 26.5 Å². The number of likely N-dealkylation sites (N-methyl/N-ethyl adjacent to an activating group) is 2. The van der Waals surface area contributed by atoms with E-state index in [1.807, 2.05) is 12.1 Å². The molecule has 2 aromatic carbocycles. The monoisotopic (exact) mass is 418 g/mol. The number of amides is 3. The van der Waals surface area contributed by atoms with E-state index in [0.29, 0.717) is 5.02 Å². The lowest BCUT2D eigenvalue weighted by atomic mass is 9.96. The molecule has 4 N–H and O–H groups in total. The molecule has 154 valence electrons. The minimum Gasteiger partial charge on any atom is -0.388 e. The Balaban J connectivity index is 2.34. The molecule has 0 saturated carbocycles. The van der Waals surface area contributed by atoms with E-state index in [1.165, 1.54) is 26.5 Å². The van der Waals surface area contributed by atoms with E-state index in [-0.39, 0.29) is 5.56 Å². The first-order chi connectivity index (χ1) is 13.7. The molecule has 2 rings (SSSR count). The normalized spacial score (nSPS) is 12.5. The number of hydrogen-bond acceptors (Lipinski definition) is 5. The molecule has 8 nitrogen and oxygen atoms in total. The summed E-state index contributed by atoms with van der Waals surface area (Å²) in [4.78, 5) is 38.2. The van der Waals surface area contributed by atoms with Gasteiger partial charge in [0, 0.05) is 38.0 Å². The van der Waals surface area contributed by atoms with E-state index in [2.05, 4.69) is 10.6 Å². The number of benzene rings is 2. The molecule has 0 aliphatic heterocycles. The van der Waals surface area contributed by atoms with E-state index in [4.69, 9.17) is 16.8 Å². The van der Waals surface area contributed by atoms with Crippen LogP contribution >= 0.6 is 11.6 Å². The summed E-state index contributed by atoms with van der Waals surface area (Å²) >= 11 is 6.33. The molecule has 0 bridgehead atoms. The van der Waals surface area contributed by atoms with Crippen molar-refractivity contribution in [1.82, 2.24) is 15.7 Å². The molecule has 29 heavy (non-hydrogen) atoms. The third-order valence-corrected chi connectivity index (χ3v) is 5.20. The smallest absolute Gasteiger partial charge is 0.278 e. The van der Waals surface area contributed by atoms with Crippen molar-refractivity contribution in [3.8, 4) is 11.1 Å². The van der Waals surface area contributed by atoms with Gasteiger partial charge in [0.05, 0.1) is 5.02 Å². The minimum atomic E-state index is -1.94. The Labute approximate surface area is 173 Å². The van der Waals surface area contributed by atoms with Gasteiger partial charge in [-0.1, -0.05) is 29.8 Å². The van der Waals surface area contributed by atoms with E-state index in [0.717, 1.165) is 21.7 Å². The van der Waals surface area contributed by atoms with Crippen molar-refractivity contribution in [2.45, 2.75) is 12.5 Å². The molecule has 2 aromatic rings. The third-order valence-electron chi connectivity index (χ3n) is 4.89. The zero-order valence-corrected chi connectivity index (χ0v) is 17.3. The van der Waals surface area contributed by atoms with E-state index in [9.17, 15) is 14.4 Å². The molecule has 0 spiro atoms. The fraction of sp³-hybridized carbons (Fsp3) is 0.250. The predicted octanol–water partition coefficient (Wildman–Crippen LogP) is 2.13. The number of hydrogen-bond donors (Lipinski definition) is 4. The van der Waals surface area contributed by atoms with E-state index >= 15 is 0 Å². The van der Waals surface area contributed by atoms with Crippen molar-refractivity contribution < 1.29 is 19.6 Å². The van der Waals surface area contributed by atoms with Gasteiger partial charge in [-0.3, -0.25) is 19.6 Å². The number of rotatable bonds is 6. The molecule has 0 heterocycles. The maximum absolute atomic E-state index is 12.9. The Morgan fingerprint density at radius 3 is 2.14 bits per heavy atom. The molecule has 0 aliphatic carbocycles. The summed E-state index contributed by atoms with van der Waals surface area (Å²) in [5, 5.41) is 14.9. The molecule has 0 saturated heterocycles. The summed E-state index contributed by atoms with van der Waals surface area (Å²) in [6.45, 7) is 1.24. The van der Waals surface area contributed by atoms with Crippen molar-refractivity contribution in [3.05, 3.63) is 53.1 Å². The summed E-state index contributed by atoms with van der Waals surface area (Å²) < 4.78 is 0. The highest BCUT2D eigenvalue weighted by Gasteiger charge is 2.47. The number of nitrogens with one attached hydrogen (secondary N) is 3. The van der Waals surface area contributed by atoms with Crippen molar-refractivity contribution in [3.63, 3.8) is 0 Å². The Kier molecular flexibility index (Phi) is 6.84. The van der Waals surface area contributed by atoms with Gasteiger partial charge >= 0.3 is 0 Å². The highest BCUT2D eigenvalue weighted by atomic mass is 35.5. The largest absolute Gasteiger partial charge is 0.388 e. The Hall–Kier alpha value is -3.10. The molecular formula is C20H23ClN4O4. The van der Waals surface area contributed by atoms with Gasteiger partial charge in [-0.2, -0.15) is 0 Å². The molecule has 0 fully saturated rings. The fourth-order valence-corrected chi connectivity index (χ4v) is 3.14. The van der Waals surface area contributed by atoms with Gasteiger partial charge in [0.1, 0.15) is 0 Å². The summed E-state index contributed by atoms with van der Waals surface area (Å²) in [5.41, 5.74) is 2.25. The highest BCUT2D eigenvalue weighted by Crippen LogP contribution is 2.30. The highest BCUT2D eigenvalue weighted by molar-refractivity contribution is 6.33. The number of nitrogens with zero attached hydrogens (tertiary/aromatic N) is 1. The fourth-order valence-electron chi connectivity index (χ4n) is 2.85. The van der Waals surface area contributed by atoms with Crippen LogP contribution in [0.25, 0.3) is 11.1 Å². The standard InChI is InChI=1S/C20H23ClN4O4/c1-20(18(27)23-3,19(28)24-29)25(4)17(26)13-7-5-12(6-8-13)15-10-9-14(22-2)11-16(15)21/h5-11,22,29H,1-4H3,(H,23,27)(H,24,28)/t20-/m0/s1. The van der Waals surface area contributed by atoms with Crippen LogP contribution in [0, 0.1) is 0 Å². The van der Waals surface area contributed by atoms with Crippen LogP contribution < -0.4 is 16.1 Å². The lowest BCUT2D eigenvalue weighted by molar-refractivity contribution is -0.148. The summed E-state index contributed by atoms with van der Waals surface area (Å²) in [6.07, 6.45) is 0. The SMILES string of the molecule is CNC(=O)[C@@](C)(C(=O)NO)N(C)C(=O)c1ccc(-c2ccc(NC)cc2Cl)cc1. The summed E-state index contributed by atoms with van der Waals surface area (Å²) in [6, 6.07) is 12.2. The first kappa shape index (κ1) is 22.2. The maximum Gasteiger partial charge on any atom is 0.278 e. The number of carbonyl (C=O) groups excluding carboxylic acids is 3.